The SMILES string of the molecule is CCN1CCC(O)C1.OCCN1CCCC1. The largest absolute Gasteiger partial charge is 0.395 e. The van der Waals surface area contributed by atoms with Crippen molar-refractivity contribution in [1.82, 2.24) is 9.80 Å². The van der Waals surface area contributed by atoms with Gasteiger partial charge in [-0.05, 0) is 38.9 Å². The lowest BCUT2D eigenvalue weighted by Crippen LogP contribution is -2.22. The van der Waals surface area contributed by atoms with E-state index in [0.29, 0.717) is 6.61 Å². The second kappa shape index (κ2) is 8.01. The van der Waals surface area contributed by atoms with Crippen LogP contribution in [-0.4, -0.2) is 72.0 Å². The van der Waals surface area contributed by atoms with Gasteiger partial charge >= 0.3 is 0 Å². The molecule has 2 rings (SSSR count). The summed E-state index contributed by atoms with van der Waals surface area (Å²) in [5.74, 6) is 0. The van der Waals surface area contributed by atoms with E-state index in [1.54, 1.807) is 0 Å². The summed E-state index contributed by atoms with van der Waals surface area (Å²) in [6.07, 6.45) is 3.56. The second-order valence-corrected chi connectivity index (χ2v) is 4.61. The predicted octanol–water partition coefficient (Wildman–Crippen LogP) is 0.147. The summed E-state index contributed by atoms with van der Waals surface area (Å²) < 4.78 is 0. The van der Waals surface area contributed by atoms with Crippen LogP contribution in [0.4, 0.5) is 0 Å². The molecule has 1 atom stereocenters. The van der Waals surface area contributed by atoms with E-state index in [9.17, 15) is 0 Å². The van der Waals surface area contributed by atoms with Crippen LogP contribution >= 0.6 is 0 Å². The maximum Gasteiger partial charge on any atom is 0.0679 e. The predicted molar refractivity (Wildman–Crippen MR) is 65.5 cm³/mol. The van der Waals surface area contributed by atoms with Gasteiger partial charge in [0.2, 0.25) is 0 Å². The molecule has 1 unspecified atom stereocenters. The van der Waals surface area contributed by atoms with Crippen LogP contribution in [-0.2, 0) is 0 Å². The van der Waals surface area contributed by atoms with Crippen molar-refractivity contribution >= 4 is 0 Å². The van der Waals surface area contributed by atoms with Crippen molar-refractivity contribution in [2.45, 2.75) is 32.3 Å². The monoisotopic (exact) mass is 230 g/mol. The Morgan fingerprint density at radius 3 is 2.19 bits per heavy atom. The van der Waals surface area contributed by atoms with E-state index in [-0.39, 0.29) is 6.10 Å². The summed E-state index contributed by atoms with van der Waals surface area (Å²) in [5, 5.41) is 17.5. The van der Waals surface area contributed by atoms with Gasteiger partial charge in [0.25, 0.3) is 0 Å². The summed E-state index contributed by atoms with van der Waals surface area (Å²) in [5.41, 5.74) is 0. The minimum atomic E-state index is -0.0463. The third-order valence-electron chi connectivity index (χ3n) is 3.31. The van der Waals surface area contributed by atoms with Gasteiger partial charge in [0.1, 0.15) is 0 Å². The van der Waals surface area contributed by atoms with E-state index in [1.165, 1.54) is 25.9 Å². The molecule has 0 aliphatic carbocycles. The van der Waals surface area contributed by atoms with E-state index in [2.05, 4.69) is 16.7 Å². The number of aliphatic hydroxyl groups is 2. The first-order valence-corrected chi connectivity index (χ1v) is 6.50. The average Bonchev–Trinajstić information content (AvgIpc) is 2.91. The Bertz CT molecular complexity index is 172. The molecule has 0 amide bonds. The lowest BCUT2D eigenvalue weighted by atomic mass is 10.3. The molecule has 2 saturated heterocycles. The number of nitrogens with zero attached hydrogens (tertiary/aromatic N) is 2. The molecule has 2 heterocycles. The van der Waals surface area contributed by atoms with Crippen LogP contribution in [0, 0.1) is 0 Å². The third kappa shape index (κ3) is 5.25. The molecule has 96 valence electrons. The Balaban J connectivity index is 0.000000160. The van der Waals surface area contributed by atoms with Crippen molar-refractivity contribution in [3.63, 3.8) is 0 Å². The first kappa shape index (κ1) is 13.9. The fourth-order valence-corrected chi connectivity index (χ4v) is 2.25. The molecule has 2 fully saturated rings. The molecule has 2 aliphatic heterocycles. The maximum absolute atomic E-state index is 8.99. The number of hydrogen-bond donors (Lipinski definition) is 2. The van der Waals surface area contributed by atoms with Gasteiger partial charge < -0.3 is 20.0 Å². The van der Waals surface area contributed by atoms with E-state index in [1.807, 2.05) is 0 Å². The van der Waals surface area contributed by atoms with Crippen molar-refractivity contribution in [1.29, 1.82) is 0 Å². The van der Waals surface area contributed by atoms with Crippen LogP contribution in [0.25, 0.3) is 0 Å². The lowest BCUT2D eigenvalue weighted by Gasteiger charge is -2.10. The summed E-state index contributed by atoms with van der Waals surface area (Å²) in [7, 11) is 0. The van der Waals surface area contributed by atoms with Gasteiger partial charge in [0.05, 0.1) is 12.7 Å². The van der Waals surface area contributed by atoms with Crippen LogP contribution in [0.2, 0.25) is 0 Å². The molecule has 2 N–H and O–H groups in total. The number of β-amino-alcohol motifs (C(OH)–C–C–N with tert-alkyl or cyclic N) is 2. The molecule has 0 aromatic carbocycles. The summed E-state index contributed by atoms with van der Waals surface area (Å²) in [6.45, 7) is 8.75. The van der Waals surface area contributed by atoms with Crippen molar-refractivity contribution in [2.24, 2.45) is 0 Å². The third-order valence-corrected chi connectivity index (χ3v) is 3.31. The Hall–Kier alpha value is -0.160. The Morgan fingerprint density at radius 1 is 1.12 bits per heavy atom. The molecule has 0 saturated carbocycles. The highest BCUT2D eigenvalue weighted by atomic mass is 16.3. The minimum absolute atomic E-state index is 0.0463. The van der Waals surface area contributed by atoms with Gasteiger partial charge in [-0.15, -0.1) is 0 Å². The molecular formula is C12H26N2O2. The Kier molecular flexibility index (Phi) is 6.96. The van der Waals surface area contributed by atoms with Gasteiger partial charge in [0.15, 0.2) is 0 Å². The molecule has 16 heavy (non-hydrogen) atoms. The Morgan fingerprint density at radius 2 is 1.81 bits per heavy atom. The van der Waals surface area contributed by atoms with Gasteiger partial charge in [-0.1, -0.05) is 6.92 Å². The fraction of sp³-hybridized carbons (Fsp3) is 1.00. The van der Waals surface area contributed by atoms with Crippen LogP contribution in [0.3, 0.4) is 0 Å². The summed E-state index contributed by atoms with van der Waals surface area (Å²) in [6, 6.07) is 0. The van der Waals surface area contributed by atoms with Crippen LogP contribution in [0.1, 0.15) is 26.2 Å². The van der Waals surface area contributed by atoms with Gasteiger partial charge in [-0.25, -0.2) is 0 Å². The van der Waals surface area contributed by atoms with Crippen molar-refractivity contribution in [2.75, 3.05) is 45.9 Å². The second-order valence-electron chi connectivity index (χ2n) is 4.61. The van der Waals surface area contributed by atoms with Crippen molar-refractivity contribution in [3.8, 4) is 0 Å². The van der Waals surface area contributed by atoms with Crippen LogP contribution < -0.4 is 0 Å². The first-order valence-electron chi connectivity index (χ1n) is 6.50. The van der Waals surface area contributed by atoms with E-state index < -0.39 is 0 Å². The number of likely N-dealkylation sites (N-methyl/N-ethyl adjacent to an activating group) is 1. The number of aliphatic hydroxyl groups excluding tert-OH is 2. The first-order chi connectivity index (χ1) is 7.76. The normalized spacial score (nSPS) is 26.8. The van der Waals surface area contributed by atoms with E-state index in [0.717, 1.165) is 32.6 Å². The minimum Gasteiger partial charge on any atom is -0.395 e. The van der Waals surface area contributed by atoms with Crippen LogP contribution in [0.5, 0.6) is 0 Å². The fourth-order valence-electron chi connectivity index (χ4n) is 2.25. The highest BCUT2D eigenvalue weighted by Gasteiger charge is 2.17. The zero-order chi connectivity index (χ0) is 11.8. The van der Waals surface area contributed by atoms with Crippen LogP contribution in [0.15, 0.2) is 0 Å². The highest BCUT2D eigenvalue weighted by molar-refractivity contribution is 4.72. The molecule has 2 aliphatic rings. The van der Waals surface area contributed by atoms with E-state index in [4.69, 9.17) is 10.2 Å². The van der Waals surface area contributed by atoms with E-state index >= 15 is 0 Å². The summed E-state index contributed by atoms with van der Waals surface area (Å²) >= 11 is 0. The average molecular weight is 230 g/mol. The van der Waals surface area contributed by atoms with Crippen molar-refractivity contribution in [3.05, 3.63) is 0 Å². The topological polar surface area (TPSA) is 46.9 Å². The number of hydrogen-bond acceptors (Lipinski definition) is 4. The zero-order valence-electron chi connectivity index (χ0n) is 10.4. The summed E-state index contributed by atoms with van der Waals surface area (Å²) in [4.78, 5) is 4.55. The molecular weight excluding hydrogens is 204 g/mol. The molecule has 0 radical (unpaired) electrons. The van der Waals surface area contributed by atoms with Gasteiger partial charge in [-0.2, -0.15) is 0 Å². The Labute approximate surface area is 98.9 Å². The van der Waals surface area contributed by atoms with Crippen molar-refractivity contribution < 1.29 is 10.2 Å². The highest BCUT2D eigenvalue weighted by Crippen LogP contribution is 2.06. The molecule has 0 aromatic rings. The van der Waals surface area contributed by atoms with Gasteiger partial charge in [-0.3, -0.25) is 0 Å². The molecule has 4 heteroatoms. The standard InChI is InChI=1S/2C6H13NO/c1-2-7-4-3-6(8)5-7;8-6-5-7-3-1-2-4-7/h6,8H,2-5H2,1H3;8H,1-6H2. The maximum atomic E-state index is 8.99. The lowest BCUT2D eigenvalue weighted by molar-refractivity contribution is 0.178. The zero-order valence-corrected chi connectivity index (χ0v) is 10.4. The molecule has 0 aromatic heterocycles. The molecule has 4 nitrogen and oxygen atoms in total. The number of likely N-dealkylation sites (tertiary alicyclic amines) is 2. The molecule has 0 spiro atoms. The smallest absolute Gasteiger partial charge is 0.0679 e. The quantitative estimate of drug-likeness (QED) is 0.724. The van der Waals surface area contributed by atoms with Gasteiger partial charge in [0, 0.05) is 19.6 Å². The molecule has 0 bridgehead atoms. The number of rotatable bonds is 3.